The van der Waals surface area contributed by atoms with Crippen LogP contribution >= 0.6 is 0 Å². The molecule has 1 rings (SSSR count). The normalized spacial score (nSPS) is 11.5. The molecule has 0 amide bonds. The standard InChI is InChI=1S/C10H5F4NO4/c11-5-4(3(16)1-2(15)10(18)19)9(17)8(14)7(13)6(5)12/h1,17H,15H2,(H,18,19)/b2-1-. The number of ketones is 1. The van der Waals surface area contributed by atoms with Gasteiger partial charge in [0.25, 0.3) is 0 Å². The first-order valence-electron chi connectivity index (χ1n) is 4.48. The number of carbonyl (C=O) groups is 2. The zero-order chi connectivity index (χ0) is 14.9. The van der Waals surface area contributed by atoms with Gasteiger partial charge in [0.2, 0.25) is 11.6 Å². The molecule has 0 saturated heterocycles. The zero-order valence-corrected chi connectivity index (χ0v) is 8.88. The van der Waals surface area contributed by atoms with Crippen LogP contribution in [0.25, 0.3) is 0 Å². The van der Waals surface area contributed by atoms with Gasteiger partial charge in [-0.3, -0.25) is 4.79 Å². The summed E-state index contributed by atoms with van der Waals surface area (Å²) in [6.07, 6.45) is 0.122. The number of halogens is 4. The van der Waals surface area contributed by atoms with Crippen LogP contribution in [0.4, 0.5) is 17.6 Å². The van der Waals surface area contributed by atoms with E-state index >= 15 is 0 Å². The largest absolute Gasteiger partial charge is 0.504 e. The number of carboxylic acids is 1. The number of rotatable bonds is 3. The summed E-state index contributed by atoms with van der Waals surface area (Å²) < 4.78 is 51.7. The van der Waals surface area contributed by atoms with Crippen molar-refractivity contribution in [3.05, 3.63) is 40.6 Å². The second-order valence-corrected chi connectivity index (χ2v) is 3.25. The minimum Gasteiger partial charge on any atom is -0.504 e. The minimum atomic E-state index is -2.32. The SMILES string of the molecule is N/C(=C\C(=O)c1c(O)c(F)c(F)c(F)c1F)C(=O)O. The lowest BCUT2D eigenvalue weighted by Crippen LogP contribution is -2.14. The Hall–Kier alpha value is -2.58. The Labute approximate surface area is 102 Å². The molecule has 1 aromatic carbocycles. The predicted octanol–water partition coefficient (Wildman–Crippen LogP) is 1.06. The number of carboxylic acid groups (broad SMARTS) is 1. The van der Waals surface area contributed by atoms with Crippen LogP contribution in [0.3, 0.4) is 0 Å². The summed E-state index contributed by atoms with van der Waals surface area (Å²) in [6, 6.07) is 0. The molecule has 0 heterocycles. The summed E-state index contributed by atoms with van der Waals surface area (Å²) in [5, 5.41) is 17.4. The molecule has 19 heavy (non-hydrogen) atoms. The average molecular weight is 279 g/mol. The quantitative estimate of drug-likeness (QED) is 0.252. The van der Waals surface area contributed by atoms with Crippen molar-refractivity contribution in [2.75, 3.05) is 0 Å². The summed E-state index contributed by atoms with van der Waals surface area (Å²) in [7, 11) is 0. The lowest BCUT2D eigenvalue weighted by atomic mass is 10.1. The van der Waals surface area contributed by atoms with Gasteiger partial charge >= 0.3 is 5.97 Å². The number of aromatic hydroxyl groups is 1. The second kappa shape index (κ2) is 4.96. The van der Waals surface area contributed by atoms with Crippen LogP contribution in [-0.4, -0.2) is 22.0 Å². The Morgan fingerprint density at radius 1 is 1.00 bits per heavy atom. The third kappa shape index (κ3) is 2.49. The highest BCUT2D eigenvalue weighted by Gasteiger charge is 2.28. The van der Waals surface area contributed by atoms with Crippen LogP contribution in [0, 0.1) is 23.3 Å². The van der Waals surface area contributed by atoms with E-state index in [0.717, 1.165) is 0 Å². The molecule has 5 nitrogen and oxygen atoms in total. The number of allylic oxidation sites excluding steroid dienone is 1. The number of nitrogens with two attached hydrogens (primary N) is 1. The van der Waals surface area contributed by atoms with Crippen molar-refractivity contribution < 1.29 is 37.4 Å². The van der Waals surface area contributed by atoms with Gasteiger partial charge in [-0.05, 0) is 0 Å². The topological polar surface area (TPSA) is 101 Å². The van der Waals surface area contributed by atoms with Crippen molar-refractivity contribution in [2.45, 2.75) is 0 Å². The molecule has 0 atom stereocenters. The van der Waals surface area contributed by atoms with Crippen molar-refractivity contribution in [1.29, 1.82) is 0 Å². The van der Waals surface area contributed by atoms with Gasteiger partial charge in [-0.1, -0.05) is 0 Å². The van der Waals surface area contributed by atoms with Crippen molar-refractivity contribution >= 4 is 11.8 Å². The van der Waals surface area contributed by atoms with Crippen molar-refractivity contribution in [3.8, 4) is 5.75 Å². The Balaban J connectivity index is 3.49. The fraction of sp³-hybridized carbons (Fsp3) is 0. The van der Waals surface area contributed by atoms with Crippen LogP contribution in [0.2, 0.25) is 0 Å². The molecule has 0 fully saturated rings. The van der Waals surface area contributed by atoms with Gasteiger partial charge in [-0.15, -0.1) is 0 Å². The summed E-state index contributed by atoms with van der Waals surface area (Å²) in [5.41, 5.74) is 2.22. The van der Waals surface area contributed by atoms with Crippen LogP contribution in [0.15, 0.2) is 11.8 Å². The Bertz CT molecular complexity index is 583. The maximum Gasteiger partial charge on any atom is 0.351 e. The van der Waals surface area contributed by atoms with E-state index in [2.05, 4.69) is 0 Å². The number of carbonyl (C=O) groups excluding carboxylic acids is 1. The number of benzene rings is 1. The van der Waals surface area contributed by atoms with Crippen LogP contribution in [-0.2, 0) is 4.79 Å². The lowest BCUT2D eigenvalue weighted by Gasteiger charge is -2.06. The van der Waals surface area contributed by atoms with E-state index in [4.69, 9.17) is 15.9 Å². The Morgan fingerprint density at radius 2 is 1.47 bits per heavy atom. The summed E-state index contributed by atoms with van der Waals surface area (Å²) in [5.74, 6) is -14.1. The molecule has 0 aliphatic carbocycles. The van der Waals surface area contributed by atoms with E-state index in [-0.39, 0.29) is 6.08 Å². The minimum absolute atomic E-state index is 0.122. The molecule has 0 bridgehead atoms. The van der Waals surface area contributed by atoms with Gasteiger partial charge in [0.05, 0.1) is 0 Å². The Morgan fingerprint density at radius 3 is 1.95 bits per heavy atom. The van der Waals surface area contributed by atoms with Crippen molar-refractivity contribution in [1.82, 2.24) is 0 Å². The van der Waals surface area contributed by atoms with Gasteiger partial charge in [-0.25, -0.2) is 18.0 Å². The van der Waals surface area contributed by atoms with Gasteiger partial charge in [0.15, 0.2) is 23.2 Å². The molecule has 0 radical (unpaired) electrons. The van der Waals surface area contributed by atoms with E-state index in [0.29, 0.717) is 0 Å². The average Bonchev–Trinajstić information content (AvgIpc) is 2.34. The smallest absolute Gasteiger partial charge is 0.351 e. The molecular weight excluding hydrogens is 274 g/mol. The van der Waals surface area contributed by atoms with Crippen molar-refractivity contribution in [2.24, 2.45) is 5.73 Å². The van der Waals surface area contributed by atoms with Crippen LogP contribution < -0.4 is 5.73 Å². The Kier molecular flexibility index (Phi) is 3.78. The highest BCUT2D eigenvalue weighted by Crippen LogP contribution is 2.29. The number of aliphatic carboxylic acids is 1. The molecule has 9 heteroatoms. The molecule has 102 valence electrons. The second-order valence-electron chi connectivity index (χ2n) is 3.25. The third-order valence-electron chi connectivity index (χ3n) is 2.02. The number of phenolic OH excluding ortho intramolecular Hbond substituents is 1. The van der Waals surface area contributed by atoms with E-state index in [1.54, 1.807) is 0 Å². The molecular formula is C10H5F4NO4. The third-order valence-corrected chi connectivity index (χ3v) is 2.02. The summed E-state index contributed by atoms with van der Waals surface area (Å²) in [4.78, 5) is 21.7. The molecule has 0 saturated carbocycles. The highest BCUT2D eigenvalue weighted by atomic mass is 19.2. The molecule has 0 spiro atoms. The highest BCUT2D eigenvalue weighted by molar-refractivity contribution is 6.09. The molecule has 0 aromatic heterocycles. The van der Waals surface area contributed by atoms with Crippen LogP contribution in [0.1, 0.15) is 10.4 Å². The molecule has 1 aromatic rings. The van der Waals surface area contributed by atoms with E-state index in [1.807, 2.05) is 0 Å². The van der Waals surface area contributed by atoms with Gasteiger partial charge < -0.3 is 15.9 Å². The molecule has 0 aliphatic heterocycles. The van der Waals surface area contributed by atoms with E-state index in [1.165, 1.54) is 0 Å². The first-order valence-corrected chi connectivity index (χ1v) is 4.48. The predicted molar refractivity (Wildman–Crippen MR) is 52.2 cm³/mol. The van der Waals surface area contributed by atoms with Crippen molar-refractivity contribution in [3.63, 3.8) is 0 Å². The monoisotopic (exact) mass is 279 g/mol. The first-order chi connectivity index (χ1) is 8.68. The molecule has 0 unspecified atom stereocenters. The van der Waals surface area contributed by atoms with E-state index < -0.39 is 52.0 Å². The fourth-order valence-corrected chi connectivity index (χ4v) is 1.12. The van der Waals surface area contributed by atoms with Gasteiger partial charge in [-0.2, -0.15) is 4.39 Å². The van der Waals surface area contributed by atoms with E-state index in [9.17, 15) is 27.2 Å². The first kappa shape index (κ1) is 14.5. The lowest BCUT2D eigenvalue weighted by molar-refractivity contribution is -0.132. The maximum absolute atomic E-state index is 13.2. The molecule has 4 N–H and O–H groups in total. The van der Waals surface area contributed by atoms with Crippen LogP contribution in [0.5, 0.6) is 5.75 Å². The van der Waals surface area contributed by atoms with Gasteiger partial charge in [0, 0.05) is 6.08 Å². The fourth-order valence-electron chi connectivity index (χ4n) is 1.12. The van der Waals surface area contributed by atoms with Gasteiger partial charge in [0.1, 0.15) is 11.3 Å². The summed E-state index contributed by atoms with van der Waals surface area (Å²) >= 11 is 0. The summed E-state index contributed by atoms with van der Waals surface area (Å²) in [6.45, 7) is 0. The molecule has 0 aliphatic rings. The number of phenols is 1. The number of hydrogen-bond acceptors (Lipinski definition) is 4. The zero-order valence-electron chi connectivity index (χ0n) is 8.88. The maximum atomic E-state index is 13.2. The number of hydrogen-bond donors (Lipinski definition) is 3.